The Balaban J connectivity index is 2.43. The Morgan fingerprint density at radius 3 is 1.94 bits per heavy atom. The van der Waals surface area contributed by atoms with Crippen LogP contribution in [0.1, 0.15) is 30.5 Å². The van der Waals surface area contributed by atoms with E-state index >= 15 is 4.39 Å². The maximum Gasteiger partial charge on any atom is 0.461 e. The van der Waals surface area contributed by atoms with Crippen LogP contribution in [0.2, 0.25) is 0 Å². The lowest BCUT2D eigenvalue weighted by molar-refractivity contribution is -0.386. The van der Waals surface area contributed by atoms with Crippen LogP contribution >= 0.6 is 0 Å². The largest absolute Gasteiger partial charge is 0.488 e. The van der Waals surface area contributed by atoms with Gasteiger partial charge in [-0.25, -0.2) is 8.78 Å². The number of nitrogens with one attached hydrogen (secondary N) is 1. The van der Waals surface area contributed by atoms with Gasteiger partial charge in [0.2, 0.25) is 0 Å². The monoisotopic (exact) mass is 707 g/mol. The number of halogens is 12. The van der Waals surface area contributed by atoms with E-state index in [2.05, 4.69) is 4.74 Å². The molecule has 1 unspecified atom stereocenters. The van der Waals surface area contributed by atoms with Crippen LogP contribution in [0.5, 0.6) is 11.5 Å². The molecule has 264 valence electrons. The number of ether oxygens (including phenoxy) is 2. The number of amides is 1. The quantitative estimate of drug-likeness (QED) is 0.180. The fourth-order valence-electron chi connectivity index (χ4n) is 4.58. The fourth-order valence-corrected chi connectivity index (χ4v) is 4.58. The van der Waals surface area contributed by atoms with E-state index in [0.29, 0.717) is 18.2 Å². The molecule has 0 aromatic heterocycles. The molecule has 2 atom stereocenters. The third-order valence-electron chi connectivity index (χ3n) is 6.82. The molecule has 3 rings (SSSR count). The third-order valence-corrected chi connectivity index (χ3v) is 6.82. The number of hydrogen-bond donors (Lipinski definition) is 3. The molecule has 0 saturated heterocycles. The molecular formula is C30H25F12NO5. The molecule has 0 aliphatic carbocycles. The number of rotatable bonds is 12. The van der Waals surface area contributed by atoms with Crippen LogP contribution in [0.3, 0.4) is 0 Å². The highest BCUT2D eigenvalue weighted by atomic mass is 19.4. The van der Waals surface area contributed by atoms with Crippen molar-refractivity contribution in [2.24, 2.45) is 0 Å². The molecule has 6 nitrogen and oxygen atoms in total. The molecule has 0 heterocycles. The average molecular weight is 708 g/mol. The van der Waals surface area contributed by atoms with Gasteiger partial charge in [0.1, 0.15) is 11.6 Å². The van der Waals surface area contributed by atoms with Crippen molar-refractivity contribution in [3.8, 4) is 11.5 Å². The highest BCUT2D eigenvalue weighted by molar-refractivity contribution is 5.84. The van der Waals surface area contributed by atoms with Crippen LogP contribution in [-0.2, 0) is 16.8 Å². The van der Waals surface area contributed by atoms with Gasteiger partial charge in [0.25, 0.3) is 11.5 Å². The summed E-state index contributed by atoms with van der Waals surface area (Å²) < 4.78 is 174. The van der Waals surface area contributed by atoms with Gasteiger partial charge in [-0.2, -0.15) is 43.9 Å². The lowest BCUT2D eigenvalue weighted by atomic mass is 9.77. The summed E-state index contributed by atoms with van der Waals surface area (Å²) in [6.07, 6.45) is -29.2. The van der Waals surface area contributed by atoms with Gasteiger partial charge in [0.05, 0.1) is 11.6 Å². The van der Waals surface area contributed by atoms with Gasteiger partial charge in [0.15, 0.2) is 17.7 Å². The average Bonchev–Trinajstić information content (AvgIpc) is 2.95. The zero-order chi connectivity index (χ0) is 36.5. The molecule has 0 aliphatic rings. The van der Waals surface area contributed by atoms with E-state index < -0.39 is 94.8 Å². The minimum Gasteiger partial charge on any atom is -0.488 e. The van der Waals surface area contributed by atoms with E-state index in [4.69, 9.17) is 4.74 Å². The smallest absolute Gasteiger partial charge is 0.461 e. The second-order valence-corrected chi connectivity index (χ2v) is 10.7. The topological polar surface area (TPSA) is 88.0 Å². The van der Waals surface area contributed by atoms with E-state index in [9.17, 15) is 63.3 Å². The van der Waals surface area contributed by atoms with Crippen LogP contribution in [0.4, 0.5) is 52.7 Å². The number of alkyl halides is 10. The van der Waals surface area contributed by atoms with Crippen molar-refractivity contribution < 1.29 is 77.2 Å². The summed E-state index contributed by atoms with van der Waals surface area (Å²) in [5.74, 6) is -7.22. The molecule has 0 radical (unpaired) electrons. The molecule has 0 bridgehead atoms. The fraction of sp³-hybridized carbons (Fsp3) is 0.367. The number of carbonyl (C=O) groups excluding carboxylic acids is 1. The van der Waals surface area contributed by atoms with Crippen molar-refractivity contribution in [1.29, 1.82) is 0 Å². The normalized spacial score (nSPS) is 14.9. The number of carbonyl (C=O) groups is 1. The third kappa shape index (κ3) is 7.91. The first-order chi connectivity index (χ1) is 21.9. The summed E-state index contributed by atoms with van der Waals surface area (Å²) in [6, 6.07) is 10.0. The zero-order valence-corrected chi connectivity index (χ0v) is 24.4. The van der Waals surface area contributed by atoms with E-state index in [0.717, 1.165) is 12.1 Å². The van der Waals surface area contributed by atoms with Crippen LogP contribution < -0.4 is 14.8 Å². The number of hydrogen-bond acceptors (Lipinski definition) is 5. The Kier molecular flexibility index (Phi) is 10.9. The first-order valence-electron chi connectivity index (χ1n) is 13.5. The maximum atomic E-state index is 15.0. The van der Waals surface area contributed by atoms with E-state index in [1.54, 1.807) is 5.32 Å². The second-order valence-electron chi connectivity index (χ2n) is 10.7. The Morgan fingerprint density at radius 2 is 1.42 bits per heavy atom. The van der Waals surface area contributed by atoms with E-state index in [-0.39, 0.29) is 11.6 Å². The van der Waals surface area contributed by atoms with Crippen LogP contribution in [0.15, 0.2) is 66.7 Å². The number of aliphatic hydroxyl groups excluding tert-OH is 1. The van der Waals surface area contributed by atoms with Gasteiger partial charge in [0, 0.05) is 12.5 Å². The van der Waals surface area contributed by atoms with Gasteiger partial charge in [-0.3, -0.25) is 4.79 Å². The van der Waals surface area contributed by atoms with Crippen LogP contribution in [0, 0.1) is 11.6 Å². The molecule has 3 N–H and O–H groups in total. The van der Waals surface area contributed by atoms with E-state index in [1.807, 2.05) is 0 Å². The maximum absolute atomic E-state index is 15.0. The molecule has 18 heteroatoms. The van der Waals surface area contributed by atoms with Crippen molar-refractivity contribution >= 4 is 5.91 Å². The van der Waals surface area contributed by atoms with Gasteiger partial charge >= 0.3 is 24.9 Å². The molecule has 0 saturated carbocycles. The molecule has 3 aromatic rings. The minimum absolute atomic E-state index is 0.0505. The highest BCUT2D eigenvalue weighted by Crippen LogP contribution is 2.46. The van der Waals surface area contributed by atoms with Gasteiger partial charge in [-0.05, 0) is 54.8 Å². The van der Waals surface area contributed by atoms with Gasteiger partial charge in [-0.1, -0.05) is 36.4 Å². The molecule has 1 amide bonds. The summed E-state index contributed by atoms with van der Waals surface area (Å²) in [5.41, 5.74) is -10.2. The van der Waals surface area contributed by atoms with Crippen molar-refractivity contribution in [1.82, 2.24) is 5.32 Å². The summed E-state index contributed by atoms with van der Waals surface area (Å²) in [4.78, 5) is 13.3. The Labute approximate surface area is 263 Å². The first kappa shape index (κ1) is 38.3. The minimum atomic E-state index is -6.72. The van der Waals surface area contributed by atoms with Gasteiger partial charge < -0.3 is 25.0 Å². The van der Waals surface area contributed by atoms with Crippen molar-refractivity contribution in [2.75, 3.05) is 0 Å². The molecule has 0 aliphatic heterocycles. The summed E-state index contributed by atoms with van der Waals surface area (Å²) >= 11 is 0. The summed E-state index contributed by atoms with van der Waals surface area (Å²) in [7, 11) is 0. The molecular weight excluding hydrogens is 682 g/mol. The number of benzene rings is 3. The van der Waals surface area contributed by atoms with Crippen molar-refractivity contribution in [3.05, 3.63) is 95.1 Å². The lowest BCUT2D eigenvalue weighted by Gasteiger charge is -2.40. The van der Waals surface area contributed by atoms with Crippen molar-refractivity contribution in [2.45, 2.75) is 68.5 Å². The summed E-state index contributed by atoms with van der Waals surface area (Å²) in [6.45, 7) is 2.85. The molecule has 48 heavy (non-hydrogen) atoms. The highest BCUT2D eigenvalue weighted by Gasteiger charge is 2.76. The summed E-state index contributed by atoms with van der Waals surface area (Å²) in [5, 5.41) is 21.7. The number of aliphatic hydroxyl groups is 2. The van der Waals surface area contributed by atoms with Crippen LogP contribution in [-0.4, -0.2) is 58.8 Å². The predicted octanol–water partition coefficient (Wildman–Crippen LogP) is 6.81. The second kappa shape index (κ2) is 13.7. The van der Waals surface area contributed by atoms with E-state index in [1.165, 1.54) is 44.2 Å². The Morgan fingerprint density at radius 1 is 0.833 bits per heavy atom. The molecule has 0 fully saturated rings. The SMILES string of the molecule is CC(C)Oc1cc([C@@](Cc2ccccc2)(NC(=O)C(O)C(O)(C(F)(F)F)C(F)(F)F)c2cc(F)cc(OC(F)(F)C(F)F)c2)ccc1F. The Hall–Kier alpha value is -4.19. The molecule has 0 spiro atoms. The zero-order valence-electron chi connectivity index (χ0n) is 24.4. The van der Waals surface area contributed by atoms with Gasteiger partial charge in [-0.15, -0.1) is 0 Å². The predicted molar refractivity (Wildman–Crippen MR) is 142 cm³/mol. The Bertz CT molecular complexity index is 1570. The standard InChI is InChI=1S/C30H25F12NO5/c1-15(2)47-22-12-17(8-9-21(22)32)26(14-16-6-4-3-5-7-16,18-10-19(31)13-20(11-18)48-28(35,36)25(33)34)43-24(45)23(44)27(46,29(37,38)39)30(40,41)42/h3-13,15,23,25,44,46H,14H2,1-2H3,(H,43,45)/t23?,26-/m1/s1. The van der Waals surface area contributed by atoms with Crippen LogP contribution in [0.25, 0.3) is 0 Å². The molecule has 3 aromatic carbocycles. The first-order valence-corrected chi connectivity index (χ1v) is 13.5. The lowest BCUT2D eigenvalue weighted by Crippen LogP contribution is -2.69. The van der Waals surface area contributed by atoms with Crippen molar-refractivity contribution in [3.63, 3.8) is 0 Å².